The minimum absolute atomic E-state index is 0.0939. The summed E-state index contributed by atoms with van der Waals surface area (Å²) in [6, 6.07) is 1.52. The monoisotopic (exact) mass is 186 g/mol. The van der Waals surface area contributed by atoms with Gasteiger partial charge in [0.05, 0.1) is 12.1 Å². The second kappa shape index (κ2) is 4.46. The molecule has 1 aromatic heterocycles. The van der Waals surface area contributed by atoms with Crippen LogP contribution < -0.4 is 4.74 Å². The molecule has 0 aliphatic heterocycles. The Labute approximate surface area is 74.5 Å². The molecule has 0 saturated carbocycles. The largest absolute Gasteiger partial charge is 0.481 e. The van der Waals surface area contributed by atoms with Crippen LogP contribution in [0.5, 0.6) is 5.88 Å². The predicted octanol–water partition coefficient (Wildman–Crippen LogP) is 0.0195. The summed E-state index contributed by atoms with van der Waals surface area (Å²) < 4.78 is 9.60. The zero-order valence-electron chi connectivity index (χ0n) is 7.11. The van der Waals surface area contributed by atoms with Crippen molar-refractivity contribution in [2.24, 2.45) is 0 Å². The Balaban J connectivity index is 2.48. The van der Waals surface area contributed by atoms with Gasteiger partial charge in [0.1, 0.15) is 0 Å². The Bertz CT molecular complexity index is 284. The van der Waals surface area contributed by atoms with Gasteiger partial charge in [-0.2, -0.15) is 0 Å². The van der Waals surface area contributed by atoms with Gasteiger partial charge in [-0.1, -0.05) is 0 Å². The third-order valence-corrected chi connectivity index (χ3v) is 1.27. The molecule has 13 heavy (non-hydrogen) atoms. The number of rotatable bonds is 5. The molecule has 0 aliphatic rings. The van der Waals surface area contributed by atoms with Gasteiger partial charge >= 0.3 is 5.97 Å². The number of ether oxygens (including phenoxy) is 2. The van der Waals surface area contributed by atoms with Gasteiger partial charge in [-0.3, -0.25) is 9.89 Å². The zero-order valence-corrected chi connectivity index (χ0v) is 7.11. The molecule has 0 unspecified atom stereocenters. The highest BCUT2D eigenvalue weighted by Gasteiger charge is 2.05. The Kier molecular flexibility index (Phi) is 3.27. The maximum Gasteiger partial charge on any atom is 0.309 e. The van der Waals surface area contributed by atoms with Crippen molar-refractivity contribution >= 4 is 5.97 Å². The molecule has 0 spiro atoms. The number of H-pyrrole nitrogens is 1. The smallest absolute Gasteiger partial charge is 0.309 e. The van der Waals surface area contributed by atoms with Crippen molar-refractivity contribution in [2.45, 2.75) is 6.42 Å². The number of hydrogen-bond donors (Lipinski definition) is 2. The number of hydrogen-bond acceptors (Lipinski definition) is 4. The van der Waals surface area contributed by atoms with E-state index in [9.17, 15) is 4.79 Å². The lowest BCUT2D eigenvalue weighted by Crippen LogP contribution is -2.00. The van der Waals surface area contributed by atoms with E-state index in [0.717, 1.165) is 0 Å². The number of methoxy groups -OCH3 is 1. The van der Waals surface area contributed by atoms with Crippen LogP contribution in [0.1, 0.15) is 5.69 Å². The fraction of sp³-hybridized carbons (Fsp3) is 0.429. The van der Waals surface area contributed by atoms with Gasteiger partial charge in [0.15, 0.2) is 6.79 Å². The zero-order chi connectivity index (χ0) is 9.68. The Morgan fingerprint density at radius 1 is 1.77 bits per heavy atom. The molecule has 0 aromatic carbocycles. The number of aromatic amines is 1. The molecule has 1 heterocycles. The average Bonchev–Trinajstić information content (AvgIpc) is 2.48. The van der Waals surface area contributed by atoms with E-state index in [-0.39, 0.29) is 13.2 Å². The Hall–Kier alpha value is -1.56. The minimum Gasteiger partial charge on any atom is -0.481 e. The van der Waals surface area contributed by atoms with Crippen molar-refractivity contribution < 1.29 is 19.4 Å². The lowest BCUT2D eigenvalue weighted by atomic mass is 10.3. The molecule has 0 fully saturated rings. The number of aromatic nitrogens is 2. The van der Waals surface area contributed by atoms with Crippen molar-refractivity contribution in [3.8, 4) is 5.88 Å². The number of carbonyl (C=O) groups is 1. The molecule has 0 amide bonds. The normalized spacial score (nSPS) is 9.92. The highest BCUT2D eigenvalue weighted by molar-refractivity contribution is 5.69. The number of aliphatic carboxylic acids is 1. The molecule has 6 nitrogen and oxygen atoms in total. The summed E-state index contributed by atoms with van der Waals surface area (Å²) in [6.45, 7) is 0.0946. The van der Waals surface area contributed by atoms with Crippen molar-refractivity contribution in [1.29, 1.82) is 0 Å². The van der Waals surface area contributed by atoms with E-state index in [1.807, 2.05) is 0 Å². The fourth-order valence-corrected chi connectivity index (χ4v) is 0.787. The van der Waals surface area contributed by atoms with Crippen LogP contribution in [0.15, 0.2) is 6.07 Å². The van der Waals surface area contributed by atoms with E-state index in [0.29, 0.717) is 11.6 Å². The van der Waals surface area contributed by atoms with Crippen LogP contribution in [0.25, 0.3) is 0 Å². The Morgan fingerprint density at radius 3 is 3.15 bits per heavy atom. The molecule has 6 heteroatoms. The second-order valence-electron chi connectivity index (χ2n) is 2.35. The number of carboxylic acid groups (broad SMARTS) is 1. The van der Waals surface area contributed by atoms with E-state index in [1.54, 1.807) is 0 Å². The first-order chi connectivity index (χ1) is 6.22. The van der Waals surface area contributed by atoms with E-state index in [1.165, 1.54) is 13.2 Å². The summed E-state index contributed by atoms with van der Waals surface area (Å²) in [5, 5.41) is 14.7. The molecule has 2 N–H and O–H groups in total. The molecule has 72 valence electrons. The molecule has 0 aliphatic carbocycles. The number of nitrogens with zero attached hydrogens (tertiary/aromatic N) is 1. The van der Waals surface area contributed by atoms with Crippen molar-refractivity contribution in [2.75, 3.05) is 13.9 Å². The first-order valence-electron chi connectivity index (χ1n) is 3.60. The SMILES string of the molecule is COCOc1cc(CC(=O)O)[nH]n1. The standard InChI is InChI=1S/C7H10N2O4/c1-12-4-13-6-2-5(8-9-6)3-7(10)11/h2H,3-4H2,1H3,(H,8,9)(H,10,11). The summed E-state index contributed by atoms with van der Waals surface area (Å²) in [7, 11) is 1.49. The van der Waals surface area contributed by atoms with Crippen molar-refractivity contribution in [3.05, 3.63) is 11.8 Å². The third-order valence-electron chi connectivity index (χ3n) is 1.27. The second-order valence-corrected chi connectivity index (χ2v) is 2.35. The maximum atomic E-state index is 10.3. The topological polar surface area (TPSA) is 84.4 Å². The van der Waals surface area contributed by atoms with Crippen LogP contribution in [0.3, 0.4) is 0 Å². The van der Waals surface area contributed by atoms with Gasteiger partial charge in [0, 0.05) is 13.2 Å². The lowest BCUT2D eigenvalue weighted by molar-refractivity contribution is -0.136. The summed E-state index contributed by atoms with van der Waals surface area (Å²) in [6.07, 6.45) is -0.0939. The van der Waals surface area contributed by atoms with Crippen LogP contribution in [0, 0.1) is 0 Å². The molecular weight excluding hydrogens is 176 g/mol. The third kappa shape index (κ3) is 3.12. The van der Waals surface area contributed by atoms with Crippen LogP contribution >= 0.6 is 0 Å². The minimum atomic E-state index is -0.915. The van der Waals surface area contributed by atoms with Gasteiger partial charge < -0.3 is 14.6 Å². The van der Waals surface area contributed by atoms with Crippen LogP contribution in [0.2, 0.25) is 0 Å². The summed E-state index contributed by atoms with van der Waals surface area (Å²) in [5.74, 6) is -0.583. The quantitative estimate of drug-likeness (QED) is 0.633. The van der Waals surface area contributed by atoms with E-state index in [2.05, 4.69) is 14.9 Å². The molecule has 0 radical (unpaired) electrons. The number of carboxylic acids is 1. The van der Waals surface area contributed by atoms with Crippen LogP contribution in [-0.4, -0.2) is 35.2 Å². The Morgan fingerprint density at radius 2 is 2.54 bits per heavy atom. The van der Waals surface area contributed by atoms with Crippen molar-refractivity contribution in [1.82, 2.24) is 10.2 Å². The fourth-order valence-electron chi connectivity index (χ4n) is 0.787. The van der Waals surface area contributed by atoms with Crippen molar-refractivity contribution in [3.63, 3.8) is 0 Å². The summed E-state index contributed by atoms with van der Waals surface area (Å²) in [5.41, 5.74) is 0.499. The molecular formula is C7H10N2O4. The van der Waals surface area contributed by atoms with Gasteiger partial charge in [0.25, 0.3) is 0 Å². The van der Waals surface area contributed by atoms with E-state index in [4.69, 9.17) is 9.84 Å². The van der Waals surface area contributed by atoms with Crippen LogP contribution in [0.4, 0.5) is 0 Å². The molecule has 0 atom stereocenters. The predicted molar refractivity (Wildman–Crippen MR) is 42.4 cm³/mol. The highest BCUT2D eigenvalue weighted by Crippen LogP contribution is 2.08. The first-order valence-corrected chi connectivity index (χ1v) is 3.60. The van der Waals surface area contributed by atoms with Gasteiger partial charge in [-0.25, -0.2) is 0 Å². The van der Waals surface area contributed by atoms with Gasteiger partial charge in [0.2, 0.25) is 5.88 Å². The molecule has 0 saturated heterocycles. The highest BCUT2D eigenvalue weighted by atomic mass is 16.7. The molecule has 1 aromatic rings. The maximum absolute atomic E-state index is 10.3. The van der Waals surface area contributed by atoms with Gasteiger partial charge in [-0.05, 0) is 0 Å². The molecule has 1 rings (SSSR count). The van der Waals surface area contributed by atoms with E-state index < -0.39 is 5.97 Å². The summed E-state index contributed by atoms with van der Waals surface area (Å²) >= 11 is 0. The number of nitrogens with one attached hydrogen (secondary N) is 1. The summed E-state index contributed by atoms with van der Waals surface area (Å²) in [4.78, 5) is 10.3. The lowest BCUT2D eigenvalue weighted by Gasteiger charge is -1.97. The average molecular weight is 186 g/mol. The first kappa shape index (κ1) is 9.53. The van der Waals surface area contributed by atoms with Crippen LogP contribution in [-0.2, 0) is 16.0 Å². The molecule has 0 bridgehead atoms. The van der Waals surface area contributed by atoms with Gasteiger partial charge in [-0.15, -0.1) is 5.10 Å². The van der Waals surface area contributed by atoms with E-state index >= 15 is 0 Å².